The molecule has 0 aromatic heterocycles. The summed E-state index contributed by atoms with van der Waals surface area (Å²) in [4.78, 5) is 28.0. The zero-order valence-electron chi connectivity index (χ0n) is 13.4. The monoisotopic (exact) mass is 292 g/mol. The van der Waals surface area contributed by atoms with Crippen LogP contribution >= 0.6 is 0 Å². The van der Waals surface area contributed by atoms with Gasteiger partial charge in [0.05, 0.1) is 0 Å². The van der Waals surface area contributed by atoms with E-state index in [0.717, 1.165) is 32.2 Å². The molecule has 1 N–H and O–H groups in total. The third kappa shape index (κ3) is 2.27. The Balaban J connectivity index is 1.92. The van der Waals surface area contributed by atoms with Gasteiger partial charge in [0.1, 0.15) is 11.1 Å². The predicted molar refractivity (Wildman–Crippen MR) is 81.7 cm³/mol. The summed E-state index contributed by atoms with van der Waals surface area (Å²) >= 11 is 0. The van der Waals surface area contributed by atoms with E-state index in [9.17, 15) is 9.59 Å². The standard InChI is InChI=1S/C17H28N2O2/c1-3-16(2)15(21)19(12-13-8-7-9-13)17(14(20)18-16)10-5-4-6-11-17/h13H,3-12H2,1-2H3,(H,18,20). The average Bonchev–Trinajstić information content (AvgIpc) is 2.45. The maximum absolute atomic E-state index is 13.1. The molecule has 2 amide bonds. The van der Waals surface area contributed by atoms with Crippen molar-refractivity contribution in [3.8, 4) is 0 Å². The minimum atomic E-state index is -0.705. The molecule has 1 atom stereocenters. The first-order valence-corrected chi connectivity index (χ1v) is 8.66. The second-order valence-electron chi connectivity index (χ2n) is 7.44. The molecule has 1 heterocycles. The molecule has 1 aliphatic heterocycles. The second kappa shape index (κ2) is 5.29. The molecule has 1 spiro atoms. The van der Waals surface area contributed by atoms with Gasteiger partial charge in [-0.05, 0) is 44.9 Å². The summed E-state index contributed by atoms with van der Waals surface area (Å²) in [5.41, 5.74) is -1.25. The molecule has 2 saturated carbocycles. The fraction of sp³-hybridized carbons (Fsp3) is 0.882. The van der Waals surface area contributed by atoms with Crippen LogP contribution in [0.1, 0.15) is 71.6 Å². The van der Waals surface area contributed by atoms with Crippen LogP contribution in [0.2, 0.25) is 0 Å². The van der Waals surface area contributed by atoms with E-state index in [4.69, 9.17) is 0 Å². The molecule has 0 radical (unpaired) electrons. The van der Waals surface area contributed by atoms with E-state index in [2.05, 4.69) is 5.32 Å². The highest BCUT2D eigenvalue weighted by Crippen LogP contribution is 2.41. The van der Waals surface area contributed by atoms with Crippen molar-refractivity contribution in [3.05, 3.63) is 0 Å². The molecule has 3 aliphatic rings. The average molecular weight is 292 g/mol. The Morgan fingerprint density at radius 2 is 1.81 bits per heavy atom. The predicted octanol–water partition coefficient (Wildman–Crippen LogP) is 2.62. The Kier molecular flexibility index (Phi) is 3.74. The molecule has 0 bridgehead atoms. The Morgan fingerprint density at radius 1 is 1.14 bits per heavy atom. The maximum Gasteiger partial charge on any atom is 0.248 e. The highest BCUT2D eigenvalue weighted by molar-refractivity contribution is 6.02. The minimum absolute atomic E-state index is 0.102. The lowest BCUT2D eigenvalue weighted by Crippen LogP contribution is -2.75. The summed E-state index contributed by atoms with van der Waals surface area (Å²) in [5, 5.41) is 3.06. The number of rotatable bonds is 3. The van der Waals surface area contributed by atoms with Crippen LogP contribution in [0, 0.1) is 5.92 Å². The Morgan fingerprint density at radius 3 is 2.33 bits per heavy atom. The molecule has 4 heteroatoms. The van der Waals surface area contributed by atoms with Crippen molar-refractivity contribution in [3.63, 3.8) is 0 Å². The Bertz CT molecular complexity index is 438. The SMILES string of the molecule is CCC1(C)NC(=O)C2(CCCCC2)N(CC2CCC2)C1=O. The first kappa shape index (κ1) is 14.9. The van der Waals surface area contributed by atoms with Gasteiger partial charge in [-0.1, -0.05) is 32.6 Å². The summed E-state index contributed by atoms with van der Waals surface area (Å²) in [6, 6.07) is 0. The number of amides is 2. The van der Waals surface area contributed by atoms with E-state index < -0.39 is 11.1 Å². The third-order valence-electron chi connectivity index (χ3n) is 6.10. The topological polar surface area (TPSA) is 49.4 Å². The third-order valence-corrected chi connectivity index (χ3v) is 6.10. The number of hydrogen-bond donors (Lipinski definition) is 1. The summed E-state index contributed by atoms with van der Waals surface area (Å²) in [6.07, 6.45) is 9.36. The molecule has 21 heavy (non-hydrogen) atoms. The van der Waals surface area contributed by atoms with Gasteiger partial charge < -0.3 is 10.2 Å². The fourth-order valence-corrected chi connectivity index (χ4v) is 4.10. The zero-order chi connectivity index (χ0) is 15.1. The highest BCUT2D eigenvalue weighted by Gasteiger charge is 2.56. The molecular weight excluding hydrogens is 264 g/mol. The summed E-state index contributed by atoms with van der Waals surface area (Å²) in [7, 11) is 0. The summed E-state index contributed by atoms with van der Waals surface area (Å²) in [6.45, 7) is 4.66. The number of nitrogens with one attached hydrogen (secondary N) is 1. The molecule has 3 rings (SSSR count). The van der Waals surface area contributed by atoms with Gasteiger partial charge in [-0.3, -0.25) is 9.59 Å². The maximum atomic E-state index is 13.1. The lowest BCUT2D eigenvalue weighted by molar-refractivity contribution is -0.167. The molecule has 3 fully saturated rings. The first-order valence-electron chi connectivity index (χ1n) is 8.66. The van der Waals surface area contributed by atoms with Crippen LogP contribution in [-0.4, -0.2) is 34.3 Å². The van der Waals surface area contributed by atoms with Crippen LogP contribution in [0.3, 0.4) is 0 Å². The van der Waals surface area contributed by atoms with E-state index in [0.29, 0.717) is 12.3 Å². The number of nitrogens with zero attached hydrogens (tertiary/aromatic N) is 1. The molecule has 1 saturated heterocycles. The van der Waals surface area contributed by atoms with Gasteiger partial charge in [0.15, 0.2) is 0 Å². The fourth-order valence-electron chi connectivity index (χ4n) is 4.10. The second-order valence-corrected chi connectivity index (χ2v) is 7.44. The van der Waals surface area contributed by atoms with Crippen LogP contribution in [-0.2, 0) is 9.59 Å². The summed E-state index contributed by atoms with van der Waals surface area (Å²) < 4.78 is 0. The van der Waals surface area contributed by atoms with E-state index in [1.165, 1.54) is 25.7 Å². The van der Waals surface area contributed by atoms with Gasteiger partial charge in [0, 0.05) is 6.54 Å². The van der Waals surface area contributed by atoms with Gasteiger partial charge in [-0.2, -0.15) is 0 Å². The lowest BCUT2D eigenvalue weighted by Gasteiger charge is -2.54. The van der Waals surface area contributed by atoms with Crippen LogP contribution in [0.25, 0.3) is 0 Å². The van der Waals surface area contributed by atoms with Crippen molar-refractivity contribution < 1.29 is 9.59 Å². The van der Waals surface area contributed by atoms with Gasteiger partial charge in [-0.25, -0.2) is 0 Å². The lowest BCUT2D eigenvalue weighted by atomic mass is 9.73. The van der Waals surface area contributed by atoms with Gasteiger partial charge >= 0.3 is 0 Å². The largest absolute Gasteiger partial charge is 0.340 e. The molecular formula is C17H28N2O2. The number of piperazine rings is 1. The summed E-state index contributed by atoms with van der Waals surface area (Å²) in [5.74, 6) is 0.864. The number of carbonyl (C=O) groups is 2. The molecule has 118 valence electrons. The van der Waals surface area contributed by atoms with Crippen molar-refractivity contribution in [1.82, 2.24) is 10.2 Å². The van der Waals surface area contributed by atoms with E-state index in [-0.39, 0.29) is 11.8 Å². The smallest absolute Gasteiger partial charge is 0.248 e. The van der Waals surface area contributed by atoms with Crippen molar-refractivity contribution in [2.45, 2.75) is 82.7 Å². The Labute approximate surface area is 127 Å². The minimum Gasteiger partial charge on any atom is -0.340 e. The molecule has 1 unspecified atom stereocenters. The molecule has 2 aliphatic carbocycles. The van der Waals surface area contributed by atoms with Gasteiger partial charge in [-0.15, -0.1) is 0 Å². The van der Waals surface area contributed by atoms with Crippen molar-refractivity contribution in [2.24, 2.45) is 5.92 Å². The highest BCUT2D eigenvalue weighted by atomic mass is 16.2. The molecule has 0 aromatic carbocycles. The van der Waals surface area contributed by atoms with Gasteiger partial charge in [0.25, 0.3) is 0 Å². The van der Waals surface area contributed by atoms with Crippen molar-refractivity contribution in [2.75, 3.05) is 6.54 Å². The van der Waals surface area contributed by atoms with Crippen molar-refractivity contribution in [1.29, 1.82) is 0 Å². The quantitative estimate of drug-likeness (QED) is 0.869. The molecule has 0 aromatic rings. The molecule has 4 nitrogen and oxygen atoms in total. The Hall–Kier alpha value is -1.06. The van der Waals surface area contributed by atoms with E-state index in [1.54, 1.807) is 0 Å². The normalized spacial score (nSPS) is 33.0. The van der Waals surface area contributed by atoms with E-state index in [1.807, 2.05) is 18.7 Å². The van der Waals surface area contributed by atoms with Crippen LogP contribution in [0.15, 0.2) is 0 Å². The first-order chi connectivity index (χ1) is 10.0. The van der Waals surface area contributed by atoms with Gasteiger partial charge in [0.2, 0.25) is 11.8 Å². The van der Waals surface area contributed by atoms with Crippen molar-refractivity contribution >= 4 is 11.8 Å². The number of carbonyl (C=O) groups excluding carboxylic acids is 2. The number of hydrogen-bond acceptors (Lipinski definition) is 2. The zero-order valence-corrected chi connectivity index (χ0v) is 13.4. The van der Waals surface area contributed by atoms with Crippen LogP contribution in [0.5, 0.6) is 0 Å². The van der Waals surface area contributed by atoms with Crippen LogP contribution < -0.4 is 5.32 Å². The van der Waals surface area contributed by atoms with Crippen LogP contribution in [0.4, 0.5) is 0 Å². The van der Waals surface area contributed by atoms with E-state index >= 15 is 0 Å².